The van der Waals surface area contributed by atoms with Gasteiger partial charge in [0.25, 0.3) is 0 Å². The SMILES string of the molecule is Fc1ccc(C2CCCCC2)cc1.OCc1ccccc1. The highest BCUT2D eigenvalue weighted by atomic mass is 19.1. The van der Waals surface area contributed by atoms with Gasteiger partial charge in [-0.3, -0.25) is 0 Å². The minimum absolute atomic E-state index is 0.125. The summed E-state index contributed by atoms with van der Waals surface area (Å²) in [6.07, 6.45) is 6.61. The third-order valence-electron chi connectivity index (χ3n) is 3.97. The quantitative estimate of drug-likeness (QED) is 0.819. The van der Waals surface area contributed by atoms with Crippen molar-refractivity contribution in [2.24, 2.45) is 0 Å². The number of benzene rings is 2. The first-order valence-corrected chi connectivity index (χ1v) is 7.70. The predicted octanol–water partition coefficient (Wildman–Crippen LogP) is 5.05. The van der Waals surface area contributed by atoms with Gasteiger partial charge in [-0.1, -0.05) is 61.7 Å². The molecular weight excluding hydrogens is 263 g/mol. The molecule has 1 saturated carbocycles. The first kappa shape index (κ1) is 15.7. The molecule has 0 atom stereocenters. The Morgan fingerprint density at radius 2 is 1.48 bits per heavy atom. The molecule has 0 unspecified atom stereocenters. The molecule has 0 heterocycles. The monoisotopic (exact) mass is 286 g/mol. The number of aliphatic hydroxyl groups is 1. The summed E-state index contributed by atoms with van der Waals surface area (Å²) in [7, 11) is 0. The van der Waals surface area contributed by atoms with Crippen molar-refractivity contribution in [3.05, 3.63) is 71.5 Å². The lowest BCUT2D eigenvalue weighted by atomic mass is 9.84. The molecule has 1 aliphatic rings. The molecule has 0 bridgehead atoms. The van der Waals surface area contributed by atoms with E-state index in [-0.39, 0.29) is 12.4 Å². The average Bonchev–Trinajstić information content (AvgIpc) is 2.58. The van der Waals surface area contributed by atoms with Crippen LogP contribution in [0, 0.1) is 5.82 Å². The van der Waals surface area contributed by atoms with Crippen LogP contribution in [0.15, 0.2) is 54.6 Å². The van der Waals surface area contributed by atoms with Crippen LogP contribution in [0.5, 0.6) is 0 Å². The maximum absolute atomic E-state index is 12.7. The Kier molecular flexibility index (Phi) is 6.42. The van der Waals surface area contributed by atoms with Crippen LogP contribution >= 0.6 is 0 Å². The van der Waals surface area contributed by atoms with Crippen LogP contribution in [-0.2, 0) is 6.61 Å². The first-order chi connectivity index (χ1) is 10.3. The van der Waals surface area contributed by atoms with Gasteiger partial charge < -0.3 is 5.11 Å². The lowest BCUT2D eigenvalue weighted by Crippen LogP contribution is -2.04. The average molecular weight is 286 g/mol. The Morgan fingerprint density at radius 3 is 2.00 bits per heavy atom. The summed E-state index contributed by atoms with van der Waals surface area (Å²) in [5, 5.41) is 8.54. The van der Waals surface area contributed by atoms with Gasteiger partial charge in [-0.15, -0.1) is 0 Å². The van der Waals surface area contributed by atoms with Crippen LogP contribution in [-0.4, -0.2) is 5.11 Å². The van der Waals surface area contributed by atoms with Crippen molar-refractivity contribution in [3.63, 3.8) is 0 Å². The van der Waals surface area contributed by atoms with E-state index in [9.17, 15) is 4.39 Å². The summed E-state index contributed by atoms with van der Waals surface area (Å²) in [4.78, 5) is 0. The van der Waals surface area contributed by atoms with Gasteiger partial charge in [0.1, 0.15) is 5.82 Å². The highest BCUT2D eigenvalue weighted by molar-refractivity contribution is 5.20. The maximum atomic E-state index is 12.7. The molecule has 112 valence electrons. The van der Waals surface area contributed by atoms with Crippen molar-refractivity contribution < 1.29 is 9.50 Å². The fourth-order valence-electron chi connectivity index (χ4n) is 2.75. The van der Waals surface area contributed by atoms with Crippen LogP contribution in [0.1, 0.15) is 49.1 Å². The Balaban J connectivity index is 0.000000173. The van der Waals surface area contributed by atoms with E-state index in [4.69, 9.17) is 5.11 Å². The second kappa shape index (κ2) is 8.58. The topological polar surface area (TPSA) is 20.2 Å². The van der Waals surface area contributed by atoms with E-state index >= 15 is 0 Å². The van der Waals surface area contributed by atoms with Gasteiger partial charge >= 0.3 is 0 Å². The fourth-order valence-corrected chi connectivity index (χ4v) is 2.75. The van der Waals surface area contributed by atoms with Crippen molar-refractivity contribution >= 4 is 0 Å². The zero-order chi connectivity index (χ0) is 14.9. The fraction of sp³-hybridized carbons (Fsp3) is 0.368. The molecule has 0 aromatic heterocycles. The van der Waals surface area contributed by atoms with E-state index in [2.05, 4.69) is 0 Å². The minimum Gasteiger partial charge on any atom is -0.392 e. The van der Waals surface area contributed by atoms with Crippen LogP contribution in [0.3, 0.4) is 0 Å². The first-order valence-electron chi connectivity index (χ1n) is 7.70. The third-order valence-corrected chi connectivity index (χ3v) is 3.97. The van der Waals surface area contributed by atoms with E-state index in [1.54, 1.807) is 12.1 Å². The summed E-state index contributed by atoms with van der Waals surface area (Å²) in [5.41, 5.74) is 2.29. The molecule has 1 fully saturated rings. The van der Waals surface area contributed by atoms with Gasteiger partial charge in [-0.25, -0.2) is 4.39 Å². The summed E-state index contributed by atoms with van der Waals surface area (Å²) in [5.74, 6) is 0.564. The molecule has 0 spiro atoms. The minimum atomic E-state index is -0.125. The number of rotatable bonds is 2. The highest BCUT2D eigenvalue weighted by Crippen LogP contribution is 2.32. The van der Waals surface area contributed by atoms with Gasteiger partial charge in [-0.2, -0.15) is 0 Å². The normalized spacial score (nSPS) is 15.1. The Labute approximate surface area is 126 Å². The van der Waals surface area contributed by atoms with Gasteiger partial charge in [0.05, 0.1) is 6.61 Å². The van der Waals surface area contributed by atoms with E-state index in [1.807, 2.05) is 42.5 Å². The Hall–Kier alpha value is -1.67. The van der Waals surface area contributed by atoms with Crippen LogP contribution < -0.4 is 0 Å². The molecule has 1 aliphatic carbocycles. The number of aliphatic hydroxyl groups excluding tert-OH is 1. The third kappa shape index (κ3) is 5.31. The van der Waals surface area contributed by atoms with E-state index in [0.29, 0.717) is 5.92 Å². The van der Waals surface area contributed by atoms with Crippen molar-refractivity contribution in [3.8, 4) is 0 Å². The van der Waals surface area contributed by atoms with Crippen molar-refractivity contribution in [1.29, 1.82) is 0 Å². The largest absolute Gasteiger partial charge is 0.392 e. The van der Waals surface area contributed by atoms with E-state index in [1.165, 1.54) is 37.7 Å². The summed E-state index contributed by atoms with van der Waals surface area (Å²) < 4.78 is 12.7. The van der Waals surface area contributed by atoms with Crippen molar-refractivity contribution in [2.75, 3.05) is 0 Å². The second-order valence-electron chi connectivity index (χ2n) is 5.53. The molecule has 1 nitrogen and oxygen atoms in total. The van der Waals surface area contributed by atoms with Crippen LogP contribution in [0.4, 0.5) is 4.39 Å². The molecule has 3 rings (SSSR count). The molecule has 0 saturated heterocycles. The summed E-state index contributed by atoms with van der Waals surface area (Å²) in [6.45, 7) is 0.140. The summed E-state index contributed by atoms with van der Waals surface area (Å²) >= 11 is 0. The van der Waals surface area contributed by atoms with Crippen LogP contribution in [0.25, 0.3) is 0 Å². The molecule has 1 N–H and O–H groups in total. The molecule has 0 radical (unpaired) electrons. The van der Waals surface area contributed by atoms with Crippen molar-refractivity contribution in [2.45, 2.75) is 44.6 Å². The molecule has 21 heavy (non-hydrogen) atoms. The van der Waals surface area contributed by atoms with Gasteiger partial charge in [0.15, 0.2) is 0 Å². The predicted molar refractivity (Wildman–Crippen MR) is 84.6 cm³/mol. The number of halogens is 1. The molecule has 0 aliphatic heterocycles. The smallest absolute Gasteiger partial charge is 0.123 e. The zero-order valence-electron chi connectivity index (χ0n) is 12.3. The summed E-state index contributed by atoms with van der Waals surface area (Å²) in [6, 6.07) is 16.5. The van der Waals surface area contributed by atoms with E-state index < -0.39 is 0 Å². The Bertz CT molecular complexity index is 501. The lowest BCUT2D eigenvalue weighted by molar-refractivity contribution is 0.282. The van der Waals surface area contributed by atoms with Crippen molar-refractivity contribution in [1.82, 2.24) is 0 Å². The van der Waals surface area contributed by atoms with Crippen LogP contribution in [0.2, 0.25) is 0 Å². The molecule has 2 heteroatoms. The van der Waals surface area contributed by atoms with E-state index in [0.717, 1.165) is 5.56 Å². The maximum Gasteiger partial charge on any atom is 0.123 e. The molecule has 0 amide bonds. The Morgan fingerprint density at radius 1 is 0.857 bits per heavy atom. The zero-order valence-corrected chi connectivity index (χ0v) is 12.3. The highest BCUT2D eigenvalue weighted by Gasteiger charge is 2.14. The lowest BCUT2D eigenvalue weighted by Gasteiger charge is -2.21. The van der Waals surface area contributed by atoms with Gasteiger partial charge in [0, 0.05) is 0 Å². The standard InChI is InChI=1S/C12H15F.C7H8O/c13-12-8-6-11(7-9-12)10-4-2-1-3-5-10;8-6-7-4-2-1-3-5-7/h6-10H,1-5H2;1-5,8H,6H2. The number of hydrogen-bond acceptors (Lipinski definition) is 1. The molecule has 2 aromatic rings. The van der Waals surface area contributed by atoms with Gasteiger partial charge in [0.2, 0.25) is 0 Å². The van der Waals surface area contributed by atoms with Gasteiger partial charge in [-0.05, 0) is 42.0 Å². The molecular formula is C19H23FO. The number of hydrogen-bond donors (Lipinski definition) is 1. The second-order valence-corrected chi connectivity index (χ2v) is 5.53. The molecule has 2 aromatic carbocycles.